The number of likely N-dealkylation sites (N-methyl/N-ethyl adjacent to an activating group) is 2. The summed E-state index contributed by atoms with van der Waals surface area (Å²) >= 11 is 6.83. The third kappa shape index (κ3) is 3.61. The molecule has 1 saturated heterocycles. The molecule has 0 N–H and O–H groups in total. The van der Waals surface area contributed by atoms with Crippen LogP contribution in [0.1, 0.15) is 26.3 Å². The van der Waals surface area contributed by atoms with Gasteiger partial charge in [-0.2, -0.15) is 0 Å². The quantitative estimate of drug-likeness (QED) is 0.404. The van der Waals surface area contributed by atoms with Crippen molar-refractivity contribution < 1.29 is 14.0 Å². The summed E-state index contributed by atoms with van der Waals surface area (Å²) in [6, 6.07) is 6.15. The third-order valence-electron chi connectivity index (χ3n) is 4.96. The van der Waals surface area contributed by atoms with Crippen molar-refractivity contribution in [3.05, 3.63) is 52.6 Å². The molecule has 0 radical (unpaired) electrons. The second kappa shape index (κ2) is 8.00. The van der Waals surface area contributed by atoms with E-state index in [0.717, 1.165) is 29.2 Å². The molecule has 27 heavy (non-hydrogen) atoms. The molecule has 1 aromatic carbocycles. The Kier molecular flexibility index (Phi) is 5.89. The summed E-state index contributed by atoms with van der Waals surface area (Å²) in [5.41, 5.74) is 3.33. The van der Waals surface area contributed by atoms with E-state index in [0.29, 0.717) is 22.4 Å². The van der Waals surface area contributed by atoms with E-state index in [-0.39, 0.29) is 10.4 Å². The number of thiocarbonyl (C=S) groups is 1. The maximum atomic E-state index is 12.7. The number of amides is 1. The van der Waals surface area contributed by atoms with Gasteiger partial charge < -0.3 is 9.64 Å². The molecule has 3 rings (SSSR count). The topological polar surface area (TPSA) is 29.5 Å². The number of carbonyl (C=O) groups excluding carboxylic acids is 1. The van der Waals surface area contributed by atoms with Gasteiger partial charge in [0.15, 0.2) is 0 Å². The number of benzene rings is 1. The van der Waals surface area contributed by atoms with E-state index in [2.05, 4.69) is 36.1 Å². The lowest BCUT2D eigenvalue weighted by atomic mass is 10.0. The maximum Gasteiger partial charge on any atom is 0.358 e. The zero-order valence-corrected chi connectivity index (χ0v) is 17.8. The van der Waals surface area contributed by atoms with Gasteiger partial charge in [0.25, 0.3) is 0 Å². The van der Waals surface area contributed by atoms with E-state index in [9.17, 15) is 4.79 Å². The summed E-state index contributed by atoms with van der Waals surface area (Å²) in [6.45, 7) is 8.26. The van der Waals surface area contributed by atoms with Crippen LogP contribution in [0.2, 0.25) is 0 Å². The minimum atomic E-state index is 0.0777. The van der Waals surface area contributed by atoms with Crippen molar-refractivity contribution in [1.82, 2.24) is 0 Å². The number of fused-ring (bicyclic) bond motifs is 1. The Morgan fingerprint density at radius 2 is 2.00 bits per heavy atom. The monoisotopic (exact) mass is 401 g/mol. The van der Waals surface area contributed by atoms with E-state index in [1.165, 1.54) is 11.8 Å². The average Bonchev–Trinajstić information content (AvgIpc) is 2.90. The Labute approximate surface area is 170 Å². The first-order valence-electron chi connectivity index (χ1n) is 9.21. The van der Waals surface area contributed by atoms with Gasteiger partial charge in [-0.05, 0) is 81.2 Å². The molecule has 1 fully saturated rings. The second-order valence-electron chi connectivity index (χ2n) is 6.53. The van der Waals surface area contributed by atoms with E-state index in [4.69, 9.17) is 17.0 Å². The smallest absolute Gasteiger partial charge is 0.358 e. The Hall–Kier alpha value is -1.89. The van der Waals surface area contributed by atoms with Gasteiger partial charge in [-0.25, -0.2) is 9.28 Å². The first kappa shape index (κ1) is 19.9. The summed E-state index contributed by atoms with van der Waals surface area (Å²) in [7, 11) is 1.89. The van der Waals surface area contributed by atoms with Crippen molar-refractivity contribution in [2.45, 2.75) is 20.8 Å². The first-order valence-corrected chi connectivity index (χ1v) is 10.4. The van der Waals surface area contributed by atoms with Crippen LogP contribution in [0.25, 0.3) is 6.08 Å². The van der Waals surface area contributed by atoms with Gasteiger partial charge in [-0.15, -0.1) is 0 Å². The minimum absolute atomic E-state index is 0.0777. The van der Waals surface area contributed by atoms with E-state index < -0.39 is 0 Å². The highest BCUT2D eigenvalue weighted by atomic mass is 32.2. The summed E-state index contributed by atoms with van der Waals surface area (Å²) in [4.78, 5) is 15.7. The molecule has 1 unspecified atom stereocenters. The molecule has 0 spiro atoms. The summed E-state index contributed by atoms with van der Waals surface area (Å²) in [5, 5.41) is 0. The number of allylic oxidation sites excluding steroid dienone is 3. The van der Waals surface area contributed by atoms with Gasteiger partial charge in [0.05, 0.1) is 20.2 Å². The predicted octanol–water partition coefficient (Wildman–Crippen LogP) is 4.73. The van der Waals surface area contributed by atoms with E-state index in [1.54, 1.807) is 0 Å². The Bertz CT molecular complexity index is 873. The number of anilines is 1. The van der Waals surface area contributed by atoms with Crippen LogP contribution in [-0.2, 0) is 4.79 Å². The standard InChI is InChI=1S/C21H25N2O2S2/c1-5-22-16(9-8-15-14-17(25-7-3)11-12-18(15)22)10-13-19-20(24)23(4,6-2)21(26)27-19/h8-14H,5-7H2,1-4H3/q+1/b16-10+,19-13-. The molecule has 0 saturated carbocycles. The van der Waals surface area contributed by atoms with Crippen LogP contribution in [-0.4, -0.2) is 41.5 Å². The number of carbonyl (C=O) groups is 1. The van der Waals surface area contributed by atoms with Crippen LogP contribution in [0, 0.1) is 0 Å². The zero-order valence-electron chi connectivity index (χ0n) is 16.2. The maximum absolute atomic E-state index is 12.7. The summed E-state index contributed by atoms with van der Waals surface area (Å²) in [5.74, 6) is 0.957. The fourth-order valence-corrected chi connectivity index (χ4v) is 4.68. The molecule has 1 amide bonds. The first-order chi connectivity index (χ1) is 12.9. The third-order valence-corrected chi connectivity index (χ3v) is 6.72. The van der Waals surface area contributed by atoms with Crippen molar-refractivity contribution in [1.29, 1.82) is 0 Å². The van der Waals surface area contributed by atoms with Gasteiger partial charge in [-0.1, -0.05) is 6.08 Å². The van der Waals surface area contributed by atoms with Crippen LogP contribution in [0.15, 0.2) is 47.0 Å². The molecule has 0 aromatic heterocycles. The lowest BCUT2D eigenvalue weighted by Crippen LogP contribution is -2.47. The normalized spacial score (nSPS) is 24.8. The molecule has 4 nitrogen and oxygen atoms in total. The number of nitrogens with zero attached hydrogens (tertiary/aromatic N) is 2. The van der Waals surface area contributed by atoms with Crippen LogP contribution >= 0.6 is 24.0 Å². The number of thioether (sulfide) groups is 1. The lowest BCUT2D eigenvalue weighted by Gasteiger charge is -2.29. The Morgan fingerprint density at radius 1 is 1.22 bits per heavy atom. The van der Waals surface area contributed by atoms with Gasteiger partial charge in [0, 0.05) is 23.5 Å². The van der Waals surface area contributed by atoms with Gasteiger partial charge in [0.2, 0.25) is 4.32 Å². The molecule has 0 bridgehead atoms. The van der Waals surface area contributed by atoms with Gasteiger partial charge in [0.1, 0.15) is 10.7 Å². The number of hydrogen-bond acceptors (Lipinski definition) is 5. The van der Waals surface area contributed by atoms with E-state index in [1.807, 2.05) is 39.1 Å². The second-order valence-corrected chi connectivity index (χ2v) is 8.21. The van der Waals surface area contributed by atoms with Crippen molar-refractivity contribution in [2.75, 3.05) is 31.6 Å². The predicted molar refractivity (Wildman–Crippen MR) is 118 cm³/mol. The average molecular weight is 402 g/mol. The fraction of sp³-hybridized carbons (Fsp3) is 0.333. The molecular weight excluding hydrogens is 376 g/mol. The highest BCUT2D eigenvalue weighted by Crippen LogP contribution is 2.37. The molecule has 6 heteroatoms. The molecular formula is C21H25N2O2S2+. The molecule has 0 aliphatic carbocycles. The largest absolute Gasteiger partial charge is 0.494 e. The number of quaternary nitrogens is 1. The van der Waals surface area contributed by atoms with Crippen molar-refractivity contribution in [3.63, 3.8) is 0 Å². The van der Waals surface area contributed by atoms with Crippen molar-refractivity contribution in [2.24, 2.45) is 0 Å². The van der Waals surface area contributed by atoms with Crippen molar-refractivity contribution in [3.8, 4) is 5.75 Å². The van der Waals surface area contributed by atoms with Crippen LogP contribution in [0.4, 0.5) is 5.69 Å². The van der Waals surface area contributed by atoms with Crippen molar-refractivity contribution >= 4 is 46.0 Å². The molecule has 1 aromatic rings. The van der Waals surface area contributed by atoms with Crippen LogP contribution in [0.3, 0.4) is 0 Å². The summed E-state index contributed by atoms with van der Waals surface area (Å²) in [6.07, 6.45) is 8.08. The van der Waals surface area contributed by atoms with Gasteiger partial charge >= 0.3 is 5.91 Å². The van der Waals surface area contributed by atoms with Crippen LogP contribution < -0.4 is 9.64 Å². The summed E-state index contributed by atoms with van der Waals surface area (Å²) < 4.78 is 6.52. The minimum Gasteiger partial charge on any atom is -0.494 e. The molecule has 2 heterocycles. The highest BCUT2D eigenvalue weighted by Gasteiger charge is 2.46. The Balaban J connectivity index is 1.91. The highest BCUT2D eigenvalue weighted by molar-refractivity contribution is 8.26. The number of rotatable bonds is 5. The van der Waals surface area contributed by atoms with E-state index >= 15 is 0 Å². The van der Waals surface area contributed by atoms with Gasteiger partial charge in [-0.3, -0.25) is 0 Å². The number of ether oxygens (including phenoxy) is 1. The Morgan fingerprint density at radius 3 is 2.63 bits per heavy atom. The SMILES string of the molecule is CCOc1ccc2c(c1)C=C/C(=C\C=C1/SC(=S)[N+](C)(CC)C1=O)N2CC. The van der Waals surface area contributed by atoms with Crippen LogP contribution in [0.5, 0.6) is 5.75 Å². The molecule has 2 aliphatic rings. The lowest BCUT2D eigenvalue weighted by molar-refractivity contribution is -0.728. The fourth-order valence-electron chi connectivity index (χ4n) is 3.17. The zero-order chi connectivity index (χ0) is 19.6. The molecule has 1 atom stereocenters. The molecule has 142 valence electrons. The molecule has 2 aliphatic heterocycles. The number of hydrogen-bond donors (Lipinski definition) is 0.